The first-order valence-corrected chi connectivity index (χ1v) is 6.41. The van der Waals surface area contributed by atoms with E-state index in [1.165, 1.54) is 0 Å². The Labute approximate surface area is 109 Å². The minimum Gasteiger partial charge on any atom is -0.482 e. The summed E-state index contributed by atoms with van der Waals surface area (Å²) in [6, 6.07) is 5.95. The first kappa shape index (κ1) is 12.4. The number of hydrogen-bond donors (Lipinski definition) is 1. The van der Waals surface area contributed by atoms with Crippen LogP contribution in [0, 0.1) is 0 Å². The Bertz CT molecular complexity index is 510. The fraction of sp³-hybridized carbons (Fsp3) is 0.417. The van der Waals surface area contributed by atoms with E-state index in [4.69, 9.17) is 4.74 Å². The normalized spacial score (nSPS) is 11.0. The van der Waals surface area contributed by atoms with E-state index in [1.807, 2.05) is 25.2 Å². The predicted octanol–water partition coefficient (Wildman–Crippen LogP) is 2.26. The van der Waals surface area contributed by atoms with Crippen molar-refractivity contribution in [3.05, 3.63) is 28.6 Å². The molecule has 0 saturated heterocycles. The molecule has 17 heavy (non-hydrogen) atoms. The molecule has 0 fully saturated rings. The highest BCUT2D eigenvalue weighted by molar-refractivity contribution is 9.10. The summed E-state index contributed by atoms with van der Waals surface area (Å²) in [7, 11) is 3.64. The van der Waals surface area contributed by atoms with Gasteiger partial charge in [-0.15, -0.1) is 0 Å². The molecule has 2 heterocycles. The highest BCUT2D eigenvalue weighted by Crippen LogP contribution is 2.24. The molecule has 4 nitrogen and oxygen atoms in total. The number of rotatable bonds is 5. The molecular weight excluding hydrogens is 282 g/mol. The number of methoxy groups -OCH3 is 1. The smallest absolute Gasteiger partial charge is 0.199 e. The zero-order valence-electron chi connectivity index (χ0n) is 10.0. The fourth-order valence-electron chi connectivity index (χ4n) is 1.89. The Morgan fingerprint density at radius 2 is 2.29 bits per heavy atom. The van der Waals surface area contributed by atoms with Gasteiger partial charge in [-0.2, -0.15) is 0 Å². The Kier molecular flexibility index (Phi) is 4.02. The van der Waals surface area contributed by atoms with Crippen molar-refractivity contribution in [1.29, 1.82) is 0 Å². The largest absolute Gasteiger partial charge is 0.482 e. The first-order chi connectivity index (χ1) is 8.27. The molecule has 2 aromatic rings. The number of imidazole rings is 1. The van der Waals surface area contributed by atoms with Gasteiger partial charge in [-0.25, -0.2) is 4.98 Å². The number of ether oxygens (including phenoxy) is 1. The van der Waals surface area contributed by atoms with Gasteiger partial charge in [0.25, 0.3) is 0 Å². The van der Waals surface area contributed by atoms with Gasteiger partial charge in [0.2, 0.25) is 0 Å². The third-order valence-corrected chi connectivity index (χ3v) is 3.27. The number of nitrogens with one attached hydrogen (secondary N) is 1. The number of hydrogen-bond acceptors (Lipinski definition) is 3. The molecule has 2 rings (SSSR count). The van der Waals surface area contributed by atoms with Crippen molar-refractivity contribution < 1.29 is 4.74 Å². The predicted molar refractivity (Wildman–Crippen MR) is 71.7 cm³/mol. The maximum Gasteiger partial charge on any atom is 0.199 e. The maximum absolute atomic E-state index is 5.37. The van der Waals surface area contributed by atoms with Gasteiger partial charge in [0.05, 0.1) is 12.6 Å². The van der Waals surface area contributed by atoms with E-state index in [9.17, 15) is 0 Å². The molecule has 0 bridgehead atoms. The number of fused-ring (bicyclic) bond motifs is 1. The van der Waals surface area contributed by atoms with E-state index in [2.05, 4.69) is 30.6 Å². The van der Waals surface area contributed by atoms with Gasteiger partial charge in [0, 0.05) is 6.42 Å². The summed E-state index contributed by atoms with van der Waals surface area (Å²) in [5.74, 6) is 1.85. The van der Waals surface area contributed by atoms with Gasteiger partial charge in [0.15, 0.2) is 5.88 Å². The van der Waals surface area contributed by atoms with Crippen LogP contribution in [0.15, 0.2) is 22.8 Å². The van der Waals surface area contributed by atoms with Crippen LogP contribution in [0.2, 0.25) is 0 Å². The van der Waals surface area contributed by atoms with Crippen LogP contribution in [0.4, 0.5) is 0 Å². The molecule has 0 aromatic carbocycles. The number of pyridine rings is 1. The van der Waals surface area contributed by atoms with Gasteiger partial charge < -0.3 is 10.1 Å². The van der Waals surface area contributed by atoms with Gasteiger partial charge in [0.1, 0.15) is 10.4 Å². The lowest BCUT2D eigenvalue weighted by atomic mass is 10.3. The summed E-state index contributed by atoms with van der Waals surface area (Å²) in [4.78, 5) is 4.54. The molecule has 2 aromatic heterocycles. The van der Waals surface area contributed by atoms with Crippen molar-refractivity contribution in [3.63, 3.8) is 0 Å². The van der Waals surface area contributed by atoms with Crippen LogP contribution in [0.3, 0.4) is 0 Å². The molecule has 0 atom stereocenters. The van der Waals surface area contributed by atoms with E-state index < -0.39 is 0 Å². The van der Waals surface area contributed by atoms with Crippen molar-refractivity contribution in [2.45, 2.75) is 12.8 Å². The molecule has 0 amide bonds. The molecule has 0 saturated carbocycles. The van der Waals surface area contributed by atoms with Crippen molar-refractivity contribution in [2.24, 2.45) is 0 Å². The SMILES string of the molecule is CNCCCc1nc(Br)c2cccc(OC)n12. The molecule has 1 N–H and O–H groups in total. The van der Waals surface area contributed by atoms with Crippen molar-refractivity contribution in [2.75, 3.05) is 20.7 Å². The van der Waals surface area contributed by atoms with Crippen molar-refractivity contribution in [1.82, 2.24) is 14.7 Å². The molecule has 0 radical (unpaired) electrons. The quantitative estimate of drug-likeness (QED) is 0.861. The van der Waals surface area contributed by atoms with Crippen molar-refractivity contribution >= 4 is 21.4 Å². The second-order valence-corrected chi connectivity index (χ2v) is 4.57. The summed E-state index contributed by atoms with van der Waals surface area (Å²) in [6.45, 7) is 0.988. The van der Waals surface area contributed by atoms with E-state index in [0.29, 0.717) is 0 Å². The average Bonchev–Trinajstić information content (AvgIpc) is 2.67. The van der Waals surface area contributed by atoms with E-state index in [0.717, 1.165) is 41.2 Å². The van der Waals surface area contributed by atoms with Gasteiger partial charge >= 0.3 is 0 Å². The van der Waals surface area contributed by atoms with Gasteiger partial charge in [-0.3, -0.25) is 4.40 Å². The number of halogens is 1. The minimum absolute atomic E-state index is 0.820. The average molecular weight is 298 g/mol. The van der Waals surface area contributed by atoms with Crippen molar-refractivity contribution in [3.8, 4) is 5.88 Å². The number of aryl methyl sites for hydroxylation is 1. The molecule has 92 valence electrons. The van der Waals surface area contributed by atoms with Crippen LogP contribution in [0.1, 0.15) is 12.2 Å². The molecule has 5 heteroatoms. The van der Waals surface area contributed by atoms with E-state index in [-0.39, 0.29) is 0 Å². The standard InChI is InChI=1S/C12H16BrN3O/c1-14-8-4-6-10-15-12(13)9-5-3-7-11(17-2)16(9)10/h3,5,7,14H,4,6,8H2,1-2H3. The van der Waals surface area contributed by atoms with Crippen LogP contribution < -0.4 is 10.1 Å². The maximum atomic E-state index is 5.37. The third kappa shape index (κ3) is 2.45. The van der Waals surface area contributed by atoms with Crippen LogP contribution in [0.25, 0.3) is 5.52 Å². The molecule has 0 aliphatic rings. The molecule has 0 spiro atoms. The summed E-state index contributed by atoms with van der Waals surface area (Å²) in [6.07, 6.45) is 1.98. The Hall–Kier alpha value is -1.07. The Morgan fingerprint density at radius 3 is 3.00 bits per heavy atom. The second-order valence-electron chi connectivity index (χ2n) is 3.81. The summed E-state index contributed by atoms with van der Waals surface area (Å²) >= 11 is 3.49. The van der Waals surface area contributed by atoms with Crippen LogP contribution >= 0.6 is 15.9 Å². The zero-order valence-corrected chi connectivity index (χ0v) is 11.6. The van der Waals surface area contributed by atoms with E-state index in [1.54, 1.807) is 7.11 Å². The minimum atomic E-state index is 0.820. The van der Waals surface area contributed by atoms with Crippen LogP contribution in [0.5, 0.6) is 5.88 Å². The molecule has 0 aliphatic carbocycles. The van der Waals surface area contributed by atoms with Gasteiger partial charge in [-0.05, 0) is 48.1 Å². The lowest BCUT2D eigenvalue weighted by Gasteiger charge is -2.06. The third-order valence-electron chi connectivity index (χ3n) is 2.69. The topological polar surface area (TPSA) is 38.6 Å². The van der Waals surface area contributed by atoms with Crippen LogP contribution in [-0.2, 0) is 6.42 Å². The number of aromatic nitrogens is 2. The lowest BCUT2D eigenvalue weighted by Crippen LogP contribution is -2.09. The van der Waals surface area contributed by atoms with Gasteiger partial charge in [-0.1, -0.05) is 6.07 Å². The second kappa shape index (κ2) is 5.51. The highest BCUT2D eigenvalue weighted by Gasteiger charge is 2.11. The summed E-state index contributed by atoms with van der Waals surface area (Å²) in [5, 5.41) is 3.14. The molecule has 0 unspecified atom stereocenters. The Morgan fingerprint density at radius 1 is 1.47 bits per heavy atom. The fourth-order valence-corrected chi connectivity index (χ4v) is 2.40. The first-order valence-electron chi connectivity index (χ1n) is 5.62. The summed E-state index contributed by atoms with van der Waals surface area (Å²) < 4.78 is 8.30. The molecular formula is C12H16BrN3O. The lowest BCUT2D eigenvalue weighted by molar-refractivity contribution is 0.390. The summed E-state index contributed by atoms with van der Waals surface area (Å²) in [5.41, 5.74) is 1.05. The zero-order chi connectivity index (χ0) is 12.3. The molecule has 0 aliphatic heterocycles. The monoisotopic (exact) mass is 297 g/mol. The highest BCUT2D eigenvalue weighted by atomic mass is 79.9. The Balaban J connectivity index is 2.40. The number of nitrogens with zero attached hydrogens (tertiary/aromatic N) is 2. The van der Waals surface area contributed by atoms with Crippen LogP contribution in [-0.4, -0.2) is 30.1 Å². The van der Waals surface area contributed by atoms with E-state index >= 15 is 0 Å².